The highest BCUT2D eigenvalue weighted by Crippen LogP contribution is 2.68. The molecular weight excluding hydrogens is 300 g/mol. The van der Waals surface area contributed by atoms with E-state index in [-0.39, 0.29) is 5.41 Å². The molecular formula is C21H34O3. The average molecular weight is 335 g/mol. The molecule has 4 saturated carbocycles. The number of hydrogen-bond acceptors (Lipinski definition) is 3. The maximum absolute atomic E-state index is 12.0. The number of rotatable bonds is 1. The summed E-state index contributed by atoms with van der Waals surface area (Å²) in [4.78, 5) is 12.0. The van der Waals surface area contributed by atoms with Gasteiger partial charge < -0.3 is 10.2 Å². The first-order chi connectivity index (χ1) is 11.2. The topological polar surface area (TPSA) is 57.5 Å². The molecule has 0 spiro atoms. The van der Waals surface area contributed by atoms with Crippen molar-refractivity contribution >= 4 is 5.78 Å². The van der Waals surface area contributed by atoms with Crippen LogP contribution in [0.5, 0.6) is 0 Å². The molecule has 0 aromatic rings. The first-order valence-corrected chi connectivity index (χ1v) is 10.1. The highest BCUT2D eigenvalue weighted by Gasteiger charge is 2.65. The molecule has 136 valence electrons. The Hall–Kier alpha value is -0.410. The summed E-state index contributed by atoms with van der Waals surface area (Å²) in [5, 5.41) is 21.5. The fourth-order valence-electron chi connectivity index (χ4n) is 7.78. The Balaban J connectivity index is 1.64. The minimum atomic E-state index is -0.914. The Morgan fingerprint density at radius 3 is 2.46 bits per heavy atom. The molecule has 0 radical (unpaired) electrons. The van der Waals surface area contributed by atoms with Crippen LogP contribution in [0.15, 0.2) is 0 Å². The summed E-state index contributed by atoms with van der Waals surface area (Å²) < 4.78 is 0. The van der Waals surface area contributed by atoms with E-state index in [1.165, 1.54) is 12.8 Å². The fraction of sp³-hybridized carbons (Fsp3) is 0.952. The maximum Gasteiger partial charge on any atom is 0.133 e. The van der Waals surface area contributed by atoms with Crippen LogP contribution in [0, 0.1) is 34.5 Å². The van der Waals surface area contributed by atoms with Gasteiger partial charge >= 0.3 is 0 Å². The van der Waals surface area contributed by atoms with E-state index >= 15 is 0 Å². The lowest BCUT2D eigenvalue weighted by Gasteiger charge is -2.61. The smallest absolute Gasteiger partial charge is 0.133 e. The number of carbonyl (C=O) groups is 1. The van der Waals surface area contributed by atoms with Crippen LogP contribution in [-0.2, 0) is 4.79 Å². The molecule has 24 heavy (non-hydrogen) atoms. The summed E-state index contributed by atoms with van der Waals surface area (Å²) in [5.74, 6) is 2.97. The van der Waals surface area contributed by atoms with Gasteiger partial charge in [-0.3, -0.25) is 4.79 Å². The second kappa shape index (κ2) is 5.30. The van der Waals surface area contributed by atoms with Crippen molar-refractivity contribution in [1.82, 2.24) is 0 Å². The molecule has 0 heterocycles. The zero-order valence-corrected chi connectivity index (χ0v) is 15.6. The largest absolute Gasteiger partial charge is 0.390 e. The van der Waals surface area contributed by atoms with Gasteiger partial charge in [-0.25, -0.2) is 0 Å². The quantitative estimate of drug-likeness (QED) is 0.768. The zero-order chi connectivity index (χ0) is 17.3. The molecule has 0 amide bonds. The minimum absolute atomic E-state index is 0.143. The summed E-state index contributed by atoms with van der Waals surface area (Å²) in [6.07, 6.45) is 8.38. The predicted octanol–water partition coefficient (Wildman–Crippen LogP) is 3.71. The van der Waals surface area contributed by atoms with Crippen LogP contribution < -0.4 is 0 Å². The van der Waals surface area contributed by atoms with Crippen molar-refractivity contribution in [2.24, 2.45) is 34.5 Å². The third kappa shape index (κ3) is 2.00. The fourth-order valence-corrected chi connectivity index (χ4v) is 7.78. The number of hydrogen-bond donors (Lipinski definition) is 2. The van der Waals surface area contributed by atoms with Crippen LogP contribution in [0.25, 0.3) is 0 Å². The van der Waals surface area contributed by atoms with Gasteiger partial charge in [-0.05, 0) is 81.0 Å². The predicted molar refractivity (Wildman–Crippen MR) is 93.4 cm³/mol. The Morgan fingerprint density at radius 1 is 1.04 bits per heavy atom. The van der Waals surface area contributed by atoms with Crippen molar-refractivity contribution in [2.45, 2.75) is 90.3 Å². The van der Waals surface area contributed by atoms with E-state index in [1.54, 1.807) is 6.92 Å². The number of fused-ring (bicyclic) bond motifs is 5. The molecule has 0 aliphatic heterocycles. The molecule has 0 saturated heterocycles. The van der Waals surface area contributed by atoms with Crippen LogP contribution in [0.4, 0.5) is 0 Å². The molecule has 4 rings (SSSR count). The standard InChI is InChI=1S/C21H34O3/c1-13(22)21(24)11-8-18-16-5-4-14-12-15(23)6-9-19(14,2)17(16)7-10-20(18,21)3/h13-14,16-18,22,24H,4-12H2,1-3H3/t13-,14+,16+,17-,18-,19-,20-,21-/m0/s1. The lowest BCUT2D eigenvalue weighted by molar-refractivity contribution is -0.183. The van der Waals surface area contributed by atoms with E-state index < -0.39 is 11.7 Å². The van der Waals surface area contributed by atoms with Crippen molar-refractivity contribution in [3.05, 3.63) is 0 Å². The van der Waals surface area contributed by atoms with Crippen LogP contribution in [0.2, 0.25) is 0 Å². The monoisotopic (exact) mass is 334 g/mol. The van der Waals surface area contributed by atoms with Crippen LogP contribution >= 0.6 is 0 Å². The third-order valence-electron chi connectivity index (χ3n) is 9.39. The maximum atomic E-state index is 12.0. The lowest BCUT2D eigenvalue weighted by Crippen LogP contribution is -2.59. The summed E-state index contributed by atoms with van der Waals surface area (Å²) in [6, 6.07) is 0. The molecule has 0 unspecified atom stereocenters. The number of aliphatic hydroxyl groups excluding tert-OH is 1. The van der Waals surface area contributed by atoms with Gasteiger partial charge in [0.1, 0.15) is 5.78 Å². The van der Waals surface area contributed by atoms with E-state index in [9.17, 15) is 15.0 Å². The average Bonchev–Trinajstić information content (AvgIpc) is 2.81. The second-order valence-corrected chi connectivity index (χ2v) is 9.99. The number of Topliss-reactive ketones (excluding diaryl/α,β-unsaturated/α-hetero) is 1. The van der Waals surface area contributed by atoms with Gasteiger partial charge in [0.25, 0.3) is 0 Å². The van der Waals surface area contributed by atoms with Crippen molar-refractivity contribution in [1.29, 1.82) is 0 Å². The molecule has 4 aliphatic rings. The Morgan fingerprint density at radius 2 is 1.75 bits per heavy atom. The van der Waals surface area contributed by atoms with E-state index in [0.29, 0.717) is 34.9 Å². The highest BCUT2D eigenvalue weighted by molar-refractivity contribution is 5.79. The molecule has 0 aromatic carbocycles. The third-order valence-corrected chi connectivity index (χ3v) is 9.39. The van der Waals surface area contributed by atoms with Gasteiger partial charge in [-0.2, -0.15) is 0 Å². The molecule has 4 aliphatic carbocycles. The van der Waals surface area contributed by atoms with Crippen LogP contribution in [0.1, 0.15) is 78.6 Å². The van der Waals surface area contributed by atoms with E-state index in [2.05, 4.69) is 13.8 Å². The summed E-state index contributed by atoms with van der Waals surface area (Å²) >= 11 is 0. The van der Waals surface area contributed by atoms with Crippen molar-refractivity contribution in [2.75, 3.05) is 0 Å². The van der Waals surface area contributed by atoms with E-state index in [1.807, 2.05) is 0 Å². The molecule has 0 bridgehead atoms. The highest BCUT2D eigenvalue weighted by atomic mass is 16.3. The number of ketones is 1. The van der Waals surface area contributed by atoms with Crippen LogP contribution in [-0.4, -0.2) is 27.7 Å². The van der Waals surface area contributed by atoms with Gasteiger partial charge in [0.05, 0.1) is 11.7 Å². The SMILES string of the molecule is C[C@H](O)[C@@]1(O)CC[C@H]2[C@@H]3CC[C@@H]4CC(=O)CC[C@]4(C)[C@H]3CC[C@@]21C. The van der Waals surface area contributed by atoms with Gasteiger partial charge in [-0.15, -0.1) is 0 Å². The Kier molecular flexibility index (Phi) is 3.76. The van der Waals surface area contributed by atoms with E-state index in [4.69, 9.17) is 0 Å². The van der Waals surface area contributed by atoms with Gasteiger partial charge in [0.2, 0.25) is 0 Å². The summed E-state index contributed by atoms with van der Waals surface area (Å²) in [5.41, 5.74) is -0.734. The van der Waals surface area contributed by atoms with Crippen molar-refractivity contribution < 1.29 is 15.0 Å². The lowest BCUT2D eigenvalue weighted by atomic mass is 9.44. The van der Waals surface area contributed by atoms with Gasteiger partial charge in [0.15, 0.2) is 0 Å². The van der Waals surface area contributed by atoms with Gasteiger partial charge in [0, 0.05) is 18.3 Å². The first kappa shape index (κ1) is 17.0. The molecule has 3 nitrogen and oxygen atoms in total. The summed E-state index contributed by atoms with van der Waals surface area (Å²) in [7, 11) is 0. The zero-order valence-electron chi connectivity index (χ0n) is 15.6. The molecule has 3 heteroatoms. The second-order valence-electron chi connectivity index (χ2n) is 9.99. The Bertz CT molecular complexity index is 543. The molecule has 2 N–H and O–H groups in total. The van der Waals surface area contributed by atoms with E-state index in [0.717, 1.165) is 44.9 Å². The first-order valence-electron chi connectivity index (χ1n) is 10.1. The Labute approximate surface area is 146 Å². The molecule has 0 aromatic heterocycles. The normalized spacial score (nSPS) is 55.5. The van der Waals surface area contributed by atoms with Crippen molar-refractivity contribution in [3.63, 3.8) is 0 Å². The minimum Gasteiger partial charge on any atom is -0.390 e. The molecule has 4 fully saturated rings. The number of aliphatic hydroxyl groups is 2. The van der Waals surface area contributed by atoms with Gasteiger partial charge in [-0.1, -0.05) is 13.8 Å². The van der Waals surface area contributed by atoms with Crippen LogP contribution in [0.3, 0.4) is 0 Å². The summed E-state index contributed by atoms with van der Waals surface area (Å²) in [6.45, 7) is 6.47. The molecule has 8 atom stereocenters. The van der Waals surface area contributed by atoms with Crippen molar-refractivity contribution in [3.8, 4) is 0 Å². The number of carbonyl (C=O) groups excluding carboxylic acids is 1.